The zero-order valence-corrected chi connectivity index (χ0v) is 22.0. The Kier molecular flexibility index (Phi) is 25.1. The quantitative estimate of drug-likeness (QED) is 0.199. The van der Waals surface area contributed by atoms with Gasteiger partial charge in [-0.1, -0.05) is 0 Å². The summed E-state index contributed by atoms with van der Waals surface area (Å²) in [4.78, 5) is 15.0. The molecule has 0 aliphatic heterocycles. The van der Waals surface area contributed by atoms with Crippen LogP contribution in [0, 0.1) is 45.3 Å². The minimum Gasteiger partial charge on any atom is -1.00 e. The van der Waals surface area contributed by atoms with Gasteiger partial charge in [0.15, 0.2) is 0 Å². The van der Waals surface area contributed by atoms with E-state index in [9.17, 15) is 0 Å². The maximum atomic E-state index is 8.26. The van der Waals surface area contributed by atoms with Gasteiger partial charge in [0.25, 0.3) is 0 Å². The number of rotatable bonds is 0. The summed E-state index contributed by atoms with van der Waals surface area (Å²) in [6.45, 7) is 0. The molecule has 4 aromatic rings. The second-order valence-electron chi connectivity index (χ2n) is 5.39. The number of pyridine rings is 4. The molecule has 8 nitrogen and oxygen atoms in total. The predicted octanol–water partition coefficient (Wildman–Crippen LogP) is -2.18. The van der Waals surface area contributed by atoms with Crippen molar-refractivity contribution in [3.8, 4) is 24.3 Å². The second kappa shape index (κ2) is 24.7. The van der Waals surface area contributed by atoms with Crippen molar-refractivity contribution in [3.05, 3.63) is 120 Å². The van der Waals surface area contributed by atoms with Crippen molar-refractivity contribution in [1.82, 2.24) is 19.9 Å². The molecule has 35 heavy (non-hydrogen) atoms. The van der Waals surface area contributed by atoms with Crippen LogP contribution in [0.1, 0.15) is 22.3 Å². The molecule has 0 saturated heterocycles. The van der Waals surface area contributed by atoms with Gasteiger partial charge in [-0.25, -0.2) is 0 Å². The Balaban J connectivity index is -0.000000379. The van der Waals surface area contributed by atoms with E-state index in [4.69, 9.17) is 21.0 Å². The molecule has 4 heterocycles. The van der Waals surface area contributed by atoms with E-state index in [0.717, 1.165) is 0 Å². The van der Waals surface area contributed by atoms with Crippen molar-refractivity contribution < 1.29 is 50.5 Å². The first-order valence-corrected chi connectivity index (χ1v) is 8.94. The Bertz CT molecular complexity index is 1010. The Morgan fingerprint density at radius 1 is 0.371 bits per heavy atom. The molecule has 4 rings (SSSR count). The molecule has 0 fully saturated rings. The van der Waals surface area contributed by atoms with E-state index in [1.165, 1.54) is 0 Å². The van der Waals surface area contributed by atoms with Crippen LogP contribution in [-0.4, -0.2) is 19.9 Å². The molecule has 0 aliphatic carbocycles. The van der Waals surface area contributed by atoms with E-state index < -0.39 is 0 Å². The first-order valence-electron chi connectivity index (χ1n) is 8.94. The van der Waals surface area contributed by atoms with Crippen molar-refractivity contribution in [1.29, 1.82) is 21.0 Å². The molecule has 0 aliphatic rings. The zero-order chi connectivity index (χ0) is 23.3. The second-order valence-corrected chi connectivity index (χ2v) is 5.39. The molecule has 11 heteroatoms. The number of nitriles is 4. The van der Waals surface area contributed by atoms with Crippen LogP contribution >= 0.6 is 0 Å². The third kappa shape index (κ3) is 18.2. The van der Waals surface area contributed by atoms with Gasteiger partial charge in [-0.2, -0.15) is 21.0 Å². The first kappa shape index (κ1) is 35.6. The van der Waals surface area contributed by atoms with Gasteiger partial charge in [-0.05, 0) is 48.5 Å². The van der Waals surface area contributed by atoms with E-state index in [0.29, 0.717) is 22.3 Å². The molecule has 0 radical (unpaired) electrons. The molecule has 0 amide bonds. The standard InChI is InChI=1S/4C6H4N2.2BrH.Ni/c4*7-5-6-1-3-8-4-2-6;;;/h4*1-4H;2*1H;/q;;;;;;+2/p-2. The molecule has 4 aromatic heterocycles. The van der Waals surface area contributed by atoms with Crippen LogP contribution in [-0.2, 0) is 16.5 Å². The number of hydrogen-bond donors (Lipinski definition) is 0. The van der Waals surface area contributed by atoms with Crippen LogP contribution in [0.15, 0.2) is 98.1 Å². The van der Waals surface area contributed by atoms with Crippen molar-refractivity contribution in [3.63, 3.8) is 0 Å². The number of halogens is 2. The van der Waals surface area contributed by atoms with Gasteiger partial charge in [0.05, 0.1) is 46.5 Å². The van der Waals surface area contributed by atoms with E-state index in [1.807, 2.05) is 24.3 Å². The van der Waals surface area contributed by atoms with Gasteiger partial charge in [0.1, 0.15) is 0 Å². The summed E-state index contributed by atoms with van der Waals surface area (Å²) in [6, 6.07) is 21.3. The third-order valence-electron chi connectivity index (χ3n) is 3.24. The molecule has 0 aromatic carbocycles. The van der Waals surface area contributed by atoms with Crippen LogP contribution in [0.2, 0.25) is 0 Å². The number of hydrogen-bond acceptors (Lipinski definition) is 8. The minimum atomic E-state index is 0. The molecular formula is C24H16Br2N8Ni. The van der Waals surface area contributed by atoms with E-state index >= 15 is 0 Å². The monoisotopic (exact) mass is 632 g/mol. The molecule has 0 unspecified atom stereocenters. The van der Waals surface area contributed by atoms with Crippen molar-refractivity contribution in [2.45, 2.75) is 0 Å². The molecular weight excluding hydrogens is 619 g/mol. The minimum absolute atomic E-state index is 0. The molecule has 0 saturated carbocycles. The predicted molar refractivity (Wildman–Crippen MR) is 116 cm³/mol. The zero-order valence-electron chi connectivity index (χ0n) is 17.9. The van der Waals surface area contributed by atoms with Crippen LogP contribution in [0.5, 0.6) is 0 Å². The summed E-state index contributed by atoms with van der Waals surface area (Å²) in [7, 11) is 0. The summed E-state index contributed by atoms with van der Waals surface area (Å²) in [5.74, 6) is 0. The van der Waals surface area contributed by atoms with Gasteiger partial charge in [-0.15, -0.1) is 0 Å². The molecule has 0 bridgehead atoms. The Morgan fingerprint density at radius 3 is 0.600 bits per heavy atom. The van der Waals surface area contributed by atoms with Gasteiger partial charge in [0, 0.05) is 49.6 Å². The Labute approximate surface area is 235 Å². The maximum absolute atomic E-state index is 8.26. The van der Waals surface area contributed by atoms with Gasteiger partial charge in [-0.3, -0.25) is 19.9 Å². The summed E-state index contributed by atoms with van der Waals surface area (Å²) in [5, 5.41) is 33.0. The molecule has 0 N–H and O–H groups in total. The fourth-order valence-electron chi connectivity index (χ4n) is 1.71. The normalized spacial score (nSPS) is 7.20. The average molecular weight is 635 g/mol. The Morgan fingerprint density at radius 2 is 0.514 bits per heavy atom. The van der Waals surface area contributed by atoms with Crippen molar-refractivity contribution in [2.24, 2.45) is 0 Å². The van der Waals surface area contributed by atoms with Crippen LogP contribution < -0.4 is 34.0 Å². The maximum Gasteiger partial charge on any atom is 2.00 e. The SMILES string of the molecule is N#Cc1ccncc1.N#Cc1ccncc1.N#Cc1ccncc1.N#Cc1ccncc1.[Br-].[Br-].[Ni+2]. The Hall–Kier alpha value is -3.99. The fourth-order valence-corrected chi connectivity index (χ4v) is 1.71. The summed E-state index contributed by atoms with van der Waals surface area (Å²) in [5.41, 5.74) is 2.61. The average Bonchev–Trinajstić information content (AvgIpc) is 2.91. The van der Waals surface area contributed by atoms with Crippen LogP contribution in [0.25, 0.3) is 0 Å². The van der Waals surface area contributed by atoms with Crippen LogP contribution in [0.4, 0.5) is 0 Å². The fraction of sp³-hybridized carbons (Fsp3) is 0. The largest absolute Gasteiger partial charge is 2.00 e. The molecule has 0 atom stereocenters. The van der Waals surface area contributed by atoms with Crippen molar-refractivity contribution in [2.75, 3.05) is 0 Å². The van der Waals surface area contributed by atoms with Crippen molar-refractivity contribution >= 4 is 0 Å². The molecule has 0 spiro atoms. The summed E-state index contributed by atoms with van der Waals surface area (Å²) in [6.07, 6.45) is 12.8. The van der Waals surface area contributed by atoms with Gasteiger partial charge < -0.3 is 34.0 Å². The van der Waals surface area contributed by atoms with E-state index in [1.54, 1.807) is 98.1 Å². The topological polar surface area (TPSA) is 147 Å². The molecule has 176 valence electrons. The summed E-state index contributed by atoms with van der Waals surface area (Å²) >= 11 is 0. The van der Waals surface area contributed by atoms with Crippen LogP contribution in [0.3, 0.4) is 0 Å². The van der Waals surface area contributed by atoms with Gasteiger partial charge in [0.2, 0.25) is 0 Å². The number of nitrogens with zero attached hydrogens (tertiary/aromatic N) is 8. The van der Waals surface area contributed by atoms with Gasteiger partial charge >= 0.3 is 16.5 Å². The van der Waals surface area contributed by atoms with E-state index in [-0.39, 0.29) is 50.5 Å². The summed E-state index contributed by atoms with van der Waals surface area (Å²) < 4.78 is 0. The smallest absolute Gasteiger partial charge is 1.00 e. The number of aromatic nitrogens is 4. The third-order valence-corrected chi connectivity index (χ3v) is 3.24. The first-order chi connectivity index (χ1) is 15.7. The van der Waals surface area contributed by atoms with E-state index in [2.05, 4.69) is 19.9 Å².